The van der Waals surface area contributed by atoms with Gasteiger partial charge in [-0.3, -0.25) is 9.89 Å². The molecule has 1 heterocycles. The summed E-state index contributed by atoms with van der Waals surface area (Å²) in [4.78, 5) is 16.4. The number of H-pyrrole nitrogens is 1. The Hall–Kier alpha value is -2.60. The van der Waals surface area contributed by atoms with Gasteiger partial charge >= 0.3 is 0 Å². The topological polar surface area (TPSA) is 70.7 Å². The van der Waals surface area contributed by atoms with E-state index in [4.69, 9.17) is 0 Å². The molecule has 0 aliphatic rings. The number of nitrogens with zero attached hydrogens (tertiary/aromatic N) is 2. The molecule has 1 aromatic heterocycles. The molecule has 0 aliphatic carbocycles. The maximum atomic E-state index is 11.9. The van der Waals surface area contributed by atoms with Crippen LogP contribution in [0.5, 0.6) is 0 Å². The number of aromatic amines is 1. The molecule has 26 heavy (non-hydrogen) atoms. The van der Waals surface area contributed by atoms with Crippen molar-refractivity contribution < 1.29 is 4.79 Å². The molecule has 0 atom stereocenters. The lowest BCUT2D eigenvalue weighted by Gasteiger charge is -2.04. The first kappa shape index (κ1) is 18.2. The highest BCUT2D eigenvalue weighted by Crippen LogP contribution is 2.19. The molecule has 5 nitrogen and oxygen atoms in total. The zero-order valence-corrected chi connectivity index (χ0v) is 15.6. The Balaban J connectivity index is 1.38. The minimum atomic E-state index is 0.00440. The molecule has 0 saturated carbocycles. The first-order chi connectivity index (χ1) is 12.7. The van der Waals surface area contributed by atoms with E-state index in [-0.39, 0.29) is 5.91 Å². The van der Waals surface area contributed by atoms with Gasteiger partial charge in [-0.25, -0.2) is 4.98 Å². The zero-order chi connectivity index (χ0) is 18.2. The second-order valence-electron chi connectivity index (χ2n) is 6.06. The quantitative estimate of drug-likeness (QED) is 0.472. The van der Waals surface area contributed by atoms with E-state index in [9.17, 15) is 4.79 Å². The van der Waals surface area contributed by atoms with Crippen LogP contribution in [-0.2, 0) is 11.2 Å². The van der Waals surface area contributed by atoms with Crippen LogP contribution < -0.4 is 5.32 Å². The Morgan fingerprint density at radius 2 is 1.88 bits per heavy atom. The van der Waals surface area contributed by atoms with E-state index in [1.165, 1.54) is 22.9 Å². The molecule has 0 saturated heterocycles. The number of thioether (sulfide) groups is 1. The van der Waals surface area contributed by atoms with Gasteiger partial charge in [0.05, 0.1) is 5.75 Å². The minimum absolute atomic E-state index is 0.00440. The lowest BCUT2D eigenvalue weighted by Crippen LogP contribution is -2.26. The highest BCUT2D eigenvalue weighted by molar-refractivity contribution is 7.99. The summed E-state index contributed by atoms with van der Waals surface area (Å²) in [5, 5.41) is 10.6. The molecule has 0 fully saturated rings. The summed E-state index contributed by atoms with van der Waals surface area (Å²) in [6, 6.07) is 18.4. The van der Waals surface area contributed by atoms with E-state index in [1.807, 2.05) is 49.4 Å². The maximum Gasteiger partial charge on any atom is 0.230 e. The Morgan fingerprint density at radius 3 is 2.65 bits per heavy atom. The van der Waals surface area contributed by atoms with Crippen LogP contribution >= 0.6 is 11.8 Å². The summed E-state index contributed by atoms with van der Waals surface area (Å²) in [5.74, 6) is 1.04. The van der Waals surface area contributed by atoms with Crippen LogP contribution in [0, 0.1) is 6.92 Å². The van der Waals surface area contributed by atoms with Crippen molar-refractivity contribution in [2.75, 3.05) is 12.3 Å². The lowest BCUT2D eigenvalue weighted by atomic mass is 10.1. The van der Waals surface area contributed by atoms with E-state index >= 15 is 0 Å². The molecule has 0 bridgehead atoms. The summed E-state index contributed by atoms with van der Waals surface area (Å²) >= 11 is 1.34. The fraction of sp³-hybridized carbons (Fsp3) is 0.250. The van der Waals surface area contributed by atoms with E-state index in [0.29, 0.717) is 17.5 Å². The van der Waals surface area contributed by atoms with Gasteiger partial charge in [0.25, 0.3) is 0 Å². The number of hydrogen-bond donors (Lipinski definition) is 2. The van der Waals surface area contributed by atoms with Crippen molar-refractivity contribution in [3.63, 3.8) is 0 Å². The summed E-state index contributed by atoms with van der Waals surface area (Å²) in [6.07, 6.45) is 1.90. The highest BCUT2D eigenvalue weighted by Gasteiger charge is 2.08. The molecule has 0 aliphatic heterocycles. The van der Waals surface area contributed by atoms with Gasteiger partial charge in [-0.2, -0.15) is 0 Å². The number of aryl methyl sites for hydroxylation is 2. The Labute approximate surface area is 157 Å². The number of carbonyl (C=O) groups is 1. The molecule has 2 aromatic carbocycles. The Kier molecular flexibility index (Phi) is 6.44. The molecule has 134 valence electrons. The van der Waals surface area contributed by atoms with Crippen molar-refractivity contribution in [1.82, 2.24) is 20.5 Å². The number of benzene rings is 2. The molecule has 0 spiro atoms. The average molecular weight is 366 g/mol. The third-order valence-electron chi connectivity index (χ3n) is 3.93. The lowest BCUT2D eigenvalue weighted by molar-refractivity contribution is -0.118. The SMILES string of the molecule is Cc1ccc(-c2nc(SCC(=O)NCCCc3ccccc3)n[nH]2)cc1. The van der Waals surface area contributed by atoms with E-state index < -0.39 is 0 Å². The van der Waals surface area contributed by atoms with Crippen LogP contribution in [-0.4, -0.2) is 33.4 Å². The van der Waals surface area contributed by atoms with Crippen LogP contribution in [0.25, 0.3) is 11.4 Å². The molecule has 3 aromatic rings. The van der Waals surface area contributed by atoms with E-state index in [0.717, 1.165) is 24.2 Å². The third kappa shape index (κ3) is 5.46. The summed E-state index contributed by atoms with van der Waals surface area (Å²) in [5.41, 5.74) is 3.48. The second-order valence-corrected chi connectivity index (χ2v) is 7.00. The number of hydrogen-bond acceptors (Lipinski definition) is 4. The van der Waals surface area contributed by atoms with Crippen molar-refractivity contribution in [3.8, 4) is 11.4 Å². The molecular formula is C20H22N4OS. The van der Waals surface area contributed by atoms with Gasteiger partial charge in [-0.05, 0) is 25.3 Å². The van der Waals surface area contributed by atoms with Crippen molar-refractivity contribution in [2.45, 2.75) is 24.9 Å². The number of carbonyl (C=O) groups excluding carboxylic acids is 1. The fourth-order valence-electron chi connectivity index (χ4n) is 2.50. The average Bonchev–Trinajstić information content (AvgIpc) is 3.14. The first-order valence-electron chi connectivity index (χ1n) is 8.63. The van der Waals surface area contributed by atoms with Gasteiger partial charge in [-0.1, -0.05) is 71.9 Å². The van der Waals surface area contributed by atoms with Crippen LogP contribution in [0.15, 0.2) is 59.8 Å². The first-order valence-corrected chi connectivity index (χ1v) is 9.62. The maximum absolute atomic E-state index is 11.9. The Bertz CT molecular complexity index is 831. The van der Waals surface area contributed by atoms with Gasteiger partial charge in [0, 0.05) is 12.1 Å². The number of aromatic nitrogens is 3. The molecule has 6 heteroatoms. The van der Waals surface area contributed by atoms with Crippen molar-refractivity contribution in [3.05, 3.63) is 65.7 Å². The van der Waals surface area contributed by atoms with E-state index in [1.54, 1.807) is 0 Å². The van der Waals surface area contributed by atoms with Gasteiger partial charge in [0.1, 0.15) is 0 Å². The van der Waals surface area contributed by atoms with Crippen LogP contribution in [0.4, 0.5) is 0 Å². The number of nitrogens with one attached hydrogen (secondary N) is 2. The monoisotopic (exact) mass is 366 g/mol. The predicted molar refractivity (Wildman–Crippen MR) is 105 cm³/mol. The predicted octanol–water partition coefficient (Wildman–Crippen LogP) is 3.62. The molecule has 1 amide bonds. The molecule has 0 radical (unpaired) electrons. The summed E-state index contributed by atoms with van der Waals surface area (Å²) < 4.78 is 0. The summed E-state index contributed by atoms with van der Waals surface area (Å²) in [6.45, 7) is 2.72. The smallest absolute Gasteiger partial charge is 0.230 e. The summed E-state index contributed by atoms with van der Waals surface area (Å²) in [7, 11) is 0. The van der Waals surface area contributed by atoms with Crippen LogP contribution in [0.1, 0.15) is 17.5 Å². The van der Waals surface area contributed by atoms with E-state index in [2.05, 4.69) is 32.6 Å². The van der Waals surface area contributed by atoms with Gasteiger partial charge < -0.3 is 5.32 Å². The third-order valence-corrected chi connectivity index (χ3v) is 4.78. The standard InChI is InChI=1S/C20H22N4OS/c1-15-9-11-17(12-10-15)19-22-20(24-23-19)26-14-18(25)21-13-5-8-16-6-3-2-4-7-16/h2-4,6-7,9-12H,5,8,13-14H2,1H3,(H,21,25)(H,22,23,24). The second kappa shape index (κ2) is 9.20. The molecular weight excluding hydrogens is 344 g/mol. The zero-order valence-electron chi connectivity index (χ0n) is 14.7. The number of amides is 1. The largest absolute Gasteiger partial charge is 0.355 e. The van der Waals surface area contributed by atoms with Crippen LogP contribution in [0.2, 0.25) is 0 Å². The minimum Gasteiger partial charge on any atom is -0.355 e. The van der Waals surface area contributed by atoms with Crippen LogP contribution in [0.3, 0.4) is 0 Å². The number of rotatable bonds is 8. The van der Waals surface area contributed by atoms with Crippen molar-refractivity contribution in [2.24, 2.45) is 0 Å². The van der Waals surface area contributed by atoms with Crippen molar-refractivity contribution >= 4 is 17.7 Å². The van der Waals surface area contributed by atoms with Gasteiger partial charge in [0.2, 0.25) is 11.1 Å². The fourth-order valence-corrected chi connectivity index (χ4v) is 3.13. The molecule has 0 unspecified atom stereocenters. The van der Waals surface area contributed by atoms with Gasteiger partial charge in [-0.15, -0.1) is 5.10 Å². The normalized spacial score (nSPS) is 10.7. The highest BCUT2D eigenvalue weighted by atomic mass is 32.2. The Morgan fingerprint density at radius 1 is 1.12 bits per heavy atom. The molecule has 2 N–H and O–H groups in total. The van der Waals surface area contributed by atoms with Crippen molar-refractivity contribution in [1.29, 1.82) is 0 Å². The van der Waals surface area contributed by atoms with Gasteiger partial charge in [0.15, 0.2) is 5.82 Å². The molecule has 3 rings (SSSR count).